The molecule has 0 unspecified atom stereocenters. The average molecular weight is 341 g/mol. The maximum absolute atomic E-state index is 12.6. The summed E-state index contributed by atoms with van der Waals surface area (Å²) in [5, 5.41) is 0.940. The number of carbonyl (C=O) groups is 1. The molecule has 0 aliphatic heterocycles. The molecule has 0 bridgehead atoms. The molecular weight excluding hydrogens is 324 g/mol. The molecule has 1 aromatic heterocycles. The maximum atomic E-state index is 12.6. The number of hydrogen-bond donors (Lipinski definition) is 1. The third kappa shape index (κ3) is 2.49. The highest BCUT2D eigenvalue weighted by Crippen LogP contribution is 2.38. The van der Waals surface area contributed by atoms with Gasteiger partial charge in [-0.25, -0.2) is 0 Å². The van der Waals surface area contributed by atoms with Gasteiger partial charge in [0.25, 0.3) is 5.91 Å². The normalized spacial score (nSPS) is 11.2. The number of amides is 1. The second kappa shape index (κ2) is 5.51. The minimum Gasteiger partial charge on any atom is -0.397 e. The number of hydrogen-bond acceptors (Lipinski definition) is 3. The van der Waals surface area contributed by atoms with E-state index in [1.807, 2.05) is 43.9 Å². The Balaban J connectivity index is 2.55. The summed E-state index contributed by atoms with van der Waals surface area (Å²) in [6.07, 6.45) is 0. The standard InChI is InChI=1S/C14H17BrN2OS/c1-4-17(8(2)3)14(18)13-12(16)11-9(15)6-5-7-10(11)19-13/h5-8H,4,16H2,1-3H3. The lowest BCUT2D eigenvalue weighted by atomic mass is 10.2. The molecule has 0 radical (unpaired) electrons. The Labute approximate surface area is 125 Å². The zero-order valence-electron chi connectivity index (χ0n) is 11.2. The van der Waals surface area contributed by atoms with Gasteiger partial charge in [0.15, 0.2) is 0 Å². The maximum Gasteiger partial charge on any atom is 0.266 e. The van der Waals surface area contributed by atoms with Crippen LogP contribution in [0.3, 0.4) is 0 Å². The van der Waals surface area contributed by atoms with Crippen molar-refractivity contribution < 1.29 is 4.79 Å². The molecular formula is C14H17BrN2OS. The number of nitrogens with two attached hydrogens (primary N) is 1. The summed E-state index contributed by atoms with van der Waals surface area (Å²) in [4.78, 5) is 15.0. The van der Waals surface area contributed by atoms with E-state index < -0.39 is 0 Å². The second-order valence-corrected chi connectivity index (χ2v) is 6.55. The molecule has 0 spiro atoms. The van der Waals surface area contributed by atoms with E-state index in [0.29, 0.717) is 17.1 Å². The quantitative estimate of drug-likeness (QED) is 0.913. The van der Waals surface area contributed by atoms with Crippen LogP contribution in [0.1, 0.15) is 30.4 Å². The van der Waals surface area contributed by atoms with Crippen LogP contribution >= 0.6 is 27.3 Å². The highest BCUT2D eigenvalue weighted by atomic mass is 79.9. The minimum atomic E-state index is 0.0168. The number of benzene rings is 1. The number of anilines is 1. The second-order valence-electron chi connectivity index (χ2n) is 4.64. The summed E-state index contributed by atoms with van der Waals surface area (Å²) >= 11 is 4.96. The minimum absolute atomic E-state index is 0.0168. The van der Waals surface area contributed by atoms with Gasteiger partial charge in [0, 0.05) is 27.1 Å². The SMILES string of the molecule is CCN(C(=O)c1sc2cccc(Br)c2c1N)C(C)C. The number of nitrogen functional groups attached to an aromatic ring is 1. The van der Waals surface area contributed by atoms with Crippen LogP contribution in [-0.2, 0) is 0 Å². The van der Waals surface area contributed by atoms with Gasteiger partial charge in [-0.05, 0) is 32.9 Å². The van der Waals surface area contributed by atoms with Gasteiger partial charge in [-0.2, -0.15) is 0 Å². The molecule has 3 nitrogen and oxygen atoms in total. The molecule has 2 rings (SSSR count). The van der Waals surface area contributed by atoms with Crippen LogP contribution in [0.25, 0.3) is 10.1 Å². The third-order valence-corrected chi connectivity index (χ3v) is 4.94. The Bertz CT molecular complexity index is 621. The summed E-state index contributed by atoms with van der Waals surface area (Å²) in [6.45, 7) is 6.70. The molecule has 0 aliphatic carbocycles. The van der Waals surface area contributed by atoms with Gasteiger partial charge < -0.3 is 10.6 Å². The summed E-state index contributed by atoms with van der Waals surface area (Å²) in [5.74, 6) is 0.0168. The molecule has 2 N–H and O–H groups in total. The van der Waals surface area contributed by atoms with E-state index in [1.165, 1.54) is 11.3 Å². The highest BCUT2D eigenvalue weighted by molar-refractivity contribution is 9.10. The molecule has 0 saturated heterocycles. The van der Waals surface area contributed by atoms with E-state index in [4.69, 9.17) is 5.73 Å². The number of thiophene rings is 1. The topological polar surface area (TPSA) is 46.3 Å². The first-order valence-corrected chi connectivity index (χ1v) is 7.85. The van der Waals surface area contributed by atoms with Crippen LogP contribution in [0.2, 0.25) is 0 Å². The number of nitrogens with zero attached hydrogens (tertiary/aromatic N) is 1. The van der Waals surface area contributed by atoms with Crippen molar-refractivity contribution in [3.05, 3.63) is 27.5 Å². The summed E-state index contributed by atoms with van der Waals surface area (Å²) < 4.78 is 1.97. The Morgan fingerprint density at radius 2 is 2.16 bits per heavy atom. The van der Waals surface area contributed by atoms with Gasteiger partial charge >= 0.3 is 0 Å². The van der Waals surface area contributed by atoms with E-state index in [-0.39, 0.29) is 11.9 Å². The van der Waals surface area contributed by atoms with Crippen LogP contribution in [0.5, 0.6) is 0 Å². The Hall–Kier alpha value is -1.07. The Morgan fingerprint density at radius 1 is 1.47 bits per heavy atom. The summed E-state index contributed by atoms with van der Waals surface area (Å²) in [6, 6.07) is 6.06. The molecule has 0 saturated carbocycles. The molecule has 2 aromatic rings. The fourth-order valence-electron chi connectivity index (χ4n) is 2.16. The molecule has 1 amide bonds. The molecule has 102 valence electrons. The zero-order chi connectivity index (χ0) is 14.2. The summed E-state index contributed by atoms with van der Waals surface area (Å²) in [5.41, 5.74) is 6.75. The lowest BCUT2D eigenvalue weighted by Gasteiger charge is -2.24. The summed E-state index contributed by atoms with van der Waals surface area (Å²) in [7, 11) is 0. The lowest BCUT2D eigenvalue weighted by molar-refractivity contribution is 0.0723. The number of halogens is 1. The van der Waals surface area contributed by atoms with Crippen LogP contribution in [0.4, 0.5) is 5.69 Å². The van der Waals surface area contributed by atoms with E-state index >= 15 is 0 Å². The van der Waals surface area contributed by atoms with Crippen molar-refractivity contribution in [3.63, 3.8) is 0 Å². The smallest absolute Gasteiger partial charge is 0.266 e. The van der Waals surface area contributed by atoms with Gasteiger partial charge in [-0.3, -0.25) is 4.79 Å². The molecule has 0 aliphatic rings. The van der Waals surface area contributed by atoms with Gasteiger partial charge in [0.2, 0.25) is 0 Å². The molecule has 0 fully saturated rings. The lowest BCUT2D eigenvalue weighted by Crippen LogP contribution is -2.36. The van der Waals surface area contributed by atoms with E-state index in [0.717, 1.165) is 14.6 Å². The predicted molar refractivity (Wildman–Crippen MR) is 85.8 cm³/mol. The monoisotopic (exact) mass is 340 g/mol. The number of carbonyl (C=O) groups excluding carboxylic acids is 1. The molecule has 0 atom stereocenters. The fourth-order valence-corrected chi connectivity index (χ4v) is 3.98. The van der Waals surface area contributed by atoms with Gasteiger partial charge in [-0.15, -0.1) is 11.3 Å². The van der Waals surface area contributed by atoms with E-state index in [1.54, 1.807) is 0 Å². The van der Waals surface area contributed by atoms with E-state index in [2.05, 4.69) is 15.9 Å². The van der Waals surface area contributed by atoms with Crippen molar-refractivity contribution >= 4 is 48.9 Å². The first-order chi connectivity index (χ1) is 8.97. The van der Waals surface area contributed by atoms with Crippen molar-refractivity contribution in [1.82, 2.24) is 4.90 Å². The van der Waals surface area contributed by atoms with Crippen molar-refractivity contribution in [2.45, 2.75) is 26.8 Å². The molecule has 1 aromatic carbocycles. The number of fused-ring (bicyclic) bond motifs is 1. The first-order valence-electron chi connectivity index (χ1n) is 6.24. The largest absolute Gasteiger partial charge is 0.397 e. The van der Waals surface area contributed by atoms with Crippen LogP contribution < -0.4 is 5.73 Å². The number of rotatable bonds is 3. The molecule has 5 heteroatoms. The Kier molecular flexibility index (Phi) is 4.16. The van der Waals surface area contributed by atoms with Crippen molar-refractivity contribution in [1.29, 1.82) is 0 Å². The van der Waals surface area contributed by atoms with Crippen molar-refractivity contribution in [2.24, 2.45) is 0 Å². The molecule has 19 heavy (non-hydrogen) atoms. The third-order valence-electron chi connectivity index (χ3n) is 3.12. The van der Waals surface area contributed by atoms with Gasteiger partial charge in [0.05, 0.1) is 5.69 Å². The van der Waals surface area contributed by atoms with Gasteiger partial charge in [-0.1, -0.05) is 22.0 Å². The van der Waals surface area contributed by atoms with Crippen molar-refractivity contribution in [2.75, 3.05) is 12.3 Å². The van der Waals surface area contributed by atoms with E-state index in [9.17, 15) is 4.79 Å². The van der Waals surface area contributed by atoms with Crippen LogP contribution in [-0.4, -0.2) is 23.4 Å². The average Bonchev–Trinajstić information content (AvgIpc) is 2.68. The van der Waals surface area contributed by atoms with Gasteiger partial charge in [0.1, 0.15) is 4.88 Å². The predicted octanol–water partition coefficient (Wildman–Crippen LogP) is 4.12. The fraction of sp³-hybridized carbons (Fsp3) is 0.357. The zero-order valence-corrected chi connectivity index (χ0v) is 13.6. The van der Waals surface area contributed by atoms with Crippen molar-refractivity contribution in [3.8, 4) is 0 Å². The van der Waals surface area contributed by atoms with Crippen LogP contribution in [0, 0.1) is 0 Å². The van der Waals surface area contributed by atoms with Crippen LogP contribution in [0.15, 0.2) is 22.7 Å². The Morgan fingerprint density at radius 3 is 2.68 bits per heavy atom. The first kappa shape index (κ1) is 14.3. The molecule has 1 heterocycles. The highest BCUT2D eigenvalue weighted by Gasteiger charge is 2.23.